The van der Waals surface area contributed by atoms with Gasteiger partial charge in [-0.05, 0) is 55.9 Å². The highest BCUT2D eigenvalue weighted by Crippen LogP contribution is 2.27. The highest BCUT2D eigenvalue weighted by molar-refractivity contribution is 5.93. The standard InChI is InChI=1S/C24H30N2O4/c1-16-8-11-20(14-22(16)29-2)26-23(27)17-9-12-19(13-10-17)25-15-18-6-4-5-7-21(18)24(28)30-3/h4-8,11,14,17,19,25H,9-10,12-13,15H2,1-3H3,(H,26,27). The van der Waals surface area contributed by atoms with Gasteiger partial charge in [-0.1, -0.05) is 24.3 Å². The third kappa shape index (κ3) is 5.39. The van der Waals surface area contributed by atoms with Gasteiger partial charge in [0.2, 0.25) is 5.91 Å². The van der Waals surface area contributed by atoms with Gasteiger partial charge in [-0.15, -0.1) is 0 Å². The molecule has 0 spiro atoms. The summed E-state index contributed by atoms with van der Waals surface area (Å²) in [4.78, 5) is 24.6. The molecule has 160 valence electrons. The summed E-state index contributed by atoms with van der Waals surface area (Å²) in [5, 5.41) is 6.55. The van der Waals surface area contributed by atoms with E-state index in [0.717, 1.165) is 48.2 Å². The van der Waals surface area contributed by atoms with Gasteiger partial charge in [-0.25, -0.2) is 4.79 Å². The zero-order valence-corrected chi connectivity index (χ0v) is 17.9. The van der Waals surface area contributed by atoms with Crippen LogP contribution in [0.2, 0.25) is 0 Å². The molecule has 0 unspecified atom stereocenters. The molecule has 1 saturated carbocycles. The average Bonchev–Trinajstić information content (AvgIpc) is 2.78. The van der Waals surface area contributed by atoms with Crippen LogP contribution in [-0.2, 0) is 16.1 Å². The van der Waals surface area contributed by atoms with Crippen molar-refractivity contribution in [1.29, 1.82) is 0 Å². The Hall–Kier alpha value is -2.86. The van der Waals surface area contributed by atoms with Crippen LogP contribution in [0.1, 0.15) is 47.2 Å². The molecule has 1 aliphatic carbocycles. The number of methoxy groups -OCH3 is 2. The topological polar surface area (TPSA) is 76.7 Å². The number of rotatable bonds is 7. The number of carbonyl (C=O) groups is 2. The third-order valence-electron chi connectivity index (χ3n) is 5.78. The summed E-state index contributed by atoms with van der Waals surface area (Å²) in [5.74, 6) is 0.529. The van der Waals surface area contributed by atoms with Crippen LogP contribution in [0.15, 0.2) is 42.5 Å². The predicted molar refractivity (Wildman–Crippen MR) is 117 cm³/mol. The highest BCUT2D eigenvalue weighted by Gasteiger charge is 2.26. The molecule has 0 bridgehead atoms. The maximum atomic E-state index is 12.7. The molecule has 1 aliphatic rings. The zero-order chi connectivity index (χ0) is 21.5. The summed E-state index contributed by atoms with van der Waals surface area (Å²) in [7, 11) is 3.03. The van der Waals surface area contributed by atoms with Gasteiger partial charge in [-0.2, -0.15) is 0 Å². The smallest absolute Gasteiger partial charge is 0.338 e. The van der Waals surface area contributed by atoms with Gasteiger partial charge >= 0.3 is 5.97 Å². The van der Waals surface area contributed by atoms with E-state index in [4.69, 9.17) is 9.47 Å². The van der Waals surface area contributed by atoms with Gasteiger partial charge < -0.3 is 20.1 Å². The number of hydrogen-bond acceptors (Lipinski definition) is 5. The molecular formula is C24H30N2O4. The van der Waals surface area contributed by atoms with E-state index in [-0.39, 0.29) is 17.8 Å². The van der Waals surface area contributed by atoms with Gasteiger partial charge in [0.05, 0.1) is 19.8 Å². The number of anilines is 1. The molecule has 2 aromatic rings. The fourth-order valence-electron chi connectivity index (χ4n) is 3.94. The van der Waals surface area contributed by atoms with Crippen LogP contribution in [0.25, 0.3) is 0 Å². The Labute approximate surface area is 178 Å². The van der Waals surface area contributed by atoms with E-state index in [1.807, 2.05) is 43.3 Å². The van der Waals surface area contributed by atoms with Crippen molar-refractivity contribution in [2.75, 3.05) is 19.5 Å². The number of esters is 1. The Morgan fingerprint density at radius 2 is 1.77 bits per heavy atom. The van der Waals surface area contributed by atoms with Crippen molar-refractivity contribution in [3.63, 3.8) is 0 Å². The minimum Gasteiger partial charge on any atom is -0.496 e. The van der Waals surface area contributed by atoms with Crippen molar-refractivity contribution in [2.24, 2.45) is 5.92 Å². The summed E-state index contributed by atoms with van der Waals surface area (Å²) in [6.45, 7) is 2.58. The average molecular weight is 411 g/mol. The van der Waals surface area contributed by atoms with E-state index >= 15 is 0 Å². The summed E-state index contributed by atoms with van der Waals surface area (Å²) >= 11 is 0. The molecule has 2 aromatic carbocycles. The fraction of sp³-hybridized carbons (Fsp3) is 0.417. The Morgan fingerprint density at radius 1 is 1.03 bits per heavy atom. The van der Waals surface area contributed by atoms with Crippen LogP contribution in [-0.4, -0.2) is 32.1 Å². The number of ether oxygens (including phenoxy) is 2. The lowest BCUT2D eigenvalue weighted by Crippen LogP contribution is -2.36. The van der Waals surface area contributed by atoms with Crippen molar-refractivity contribution < 1.29 is 19.1 Å². The minimum absolute atomic E-state index is 0.0118. The number of nitrogens with one attached hydrogen (secondary N) is 2. The summed E-state index contributed by atoms with van der Waals surface area (Å²) in [6, 6.07) is 13.5. The Bertz CT molecular complexity index is 889. The molecule has 1 amide bonds. The fourth-order valence-corrected chi connectivity index (χ4v) is 3.94. The van der Waals surface area contributed by atoms with Crippen LogP contribution in [0.4, 0.5) is 5.69 Å². The lowest BCUT2D eigenvalue weighted by Gasteiger charge is -2.28. The second-order valence-electron chi connectivity index (χ2n) is 7.75. The van der Waals surface area contributed by atoms with Crippen LogP contribution >= 0.6 is 0 Å². The first-order valence-electron chi connectivity index (χ1n) is 10.4. The molecule has 3 rings (SSSR count). The largest absolute Gasteiger partial charge is 0.496 e. The van der Waals surface area contributed by atoms with Crippen LogP contribution in [0, 0.1) is 12.8 Å². The van der Waals surface area contributed by atoms with Crippen molar-refractivity contribution in [3.05, 3.63) is 59.2 Å². The monoisotopic (exact) mass is 410 g/mol. The maximum Gasteiger partial charge on any atom is 0.338 e. The summed E-state index contributed by atoms with van der Waals surface area (Å²) < 4.78 is 10.2. The van der Waals surface area contributed by atoms with E-state index in [9.17, 15) is 9.59 Å². The van der Waals surface area contributed by atoms with Crippen molar-refractivity contribution >= 4 is 17.6 Å². The molecule has 2 N–H and O–H groups in total. The molecule has 0 aromatic heterocycles. The molecule has 30 heavy (non-hydrogen) atoms. The van der Waals surface area contributed by atoms with Crippen LogP contribution < -0.4 is 15.4 Å². The number of carbonyl (C=O) groups excluding carboxylic acids is 2. The second kappa shape index (κ2) is 10.3. The van der Waals surface area contributed by atoms with E-state index in [1.54, 1.807) is 13.2 Å². The van der Waals surface area contributed by atoms with Crippen LogP contribution in [0.5, 0.6) is 5.75 Å². The van der Waals surface area contributed by atoms with Gasteiger partial charge in [0.25, 0.3) is 0 Å². The second-order valence-corrected chi connectivity index (χ2v) is 7.75. The first-order chi connectivity index (χ1) is 14.5. The molecular weight excluding hydrogens is 380 g/mol. The molecule has 1 fully saturated rings. The zero-order valence-electron chi connectivity index (χ0n) is 17.9. The summed E-state index contributed by atoms with van der Waals surface area (Å²) in [6.07, 6.45) is 3.53. The van der Waals surface area contributed by atoms with E-state index in [0.29, 0.717) is 18.2 Å². The normalized spacial score (nSPS) is 18.5. The molecule has 0 radical (unpaired) electrons. The molecule has 6 nitrogen and oxygen atoms in total. The predicted octanol–water partition coefficient (Wildman–Crippen LogP) is 4.08. The van der Waals surface area contributed by atoms with Gasteiger partial charge in [-0.3, -0.25) is 4.79 Å². The third-order valence-corrected chi connectivity index (χ3v) is 5.78. The Morgan fingerprint density at radius 3 is 2.47 bits per heavy atom. The molecule has 6 heteroatoms. The number of hydrogen-bond donors (Lipinski definition) is 2. The van der Waals surface area contributed by atoms with E-state index in [1.165, 1.54) is 7.11 Å². The molecule has 0 atom stereocenters. The summed E-state index contributed by atoms with van der Waals surface area (Å²) in [5.41, 5.74) is 3.32. The van der Waals surface area contributed by atoms with Crippen molar-refractivity contribution in [2.45, 2.75) is 45.2 Å². The van der Waals surface area contributed by atoms with E-state index in [2.05, 4.69) is 10.6 Å². The van der Waals surface area contributed by atoms with Gasteiger partial charge in [0.1, 0.15) is 5.75 Å². The lowest BCUT2D eigenvalue weighted by molar-refractivity contribution is -0.120. The Kier molecular flexibility index (Phi) is 7.46. The molecule has 0 aliphatic heterocycles. The Balaban J connectivity index is 1.49. The minimum atomic E-state index is -0.319. The van der Waals surface area contributed by atoms with Gasteiger partial charge in [0.15, 0.2) is 0 Å². The molecule has 0 saturated heterocycles. The number of aryl methyl sites for hydroxylation is 1. The quantitative estimate of drug-likeness (QED) is 0.673. The number of amides is 1. The van der Waals surface area contributed by atoms with Crippen molar-refractivity contribution in [3.8, 4) is 5.75 Å². The van der Waals surface area contributed by atoms with Crippen molar-refractivity contribution in [1.82, 2.24) is 5.32 Å². The van der Waals surface area contributed by atoms with Crippen LogP contribution in [0.3, 0.4) is 0 Å². The molecule has 0 heterocycles. The first kappa shape index (κ1) is 21.8. The SMILES string of the molecule is COC(=O)c1ccccc1CNC1CCC(C(=O)Nc2ccc(C)c(OC)c2)CC1. The number of benzene rings is 2. The van der Waals surface area contributed by atoms with E-state index < -0.39 is 0 Å². The highest BCUT2D eigenvalue weighted by atomic mass is 16.5. The first-order valence-corrected chi connectivity index (χ1v) is 10.4. The lowest BCUT2D eigenvalue weighted by atomic mass is 9.85. The maximum absolute atomic E-state index is 12.7. The van der Waals surface area contributed by atoms with Gasteiger partial charge in [0, 0.05) is 30.3 Å².